The predicted molar refractivity (Wildman–Crippen MR) is 48.1 cm³/mol. The van der Waals surface area contributed by atoms with Crippen LogP contribution in [0.25, 0.3) is 0 Å². The summed E-state index contributed by atoms with van der Waals surface area (Å²) in [6.45, 7) is 0. The summed E-state index contributed by atoms with van der Waals surface area (Å²) < 4.78 is 0. The second-order valence-electron chi connectivity index (χ2n) is 2.54. The highest BCUT2D eigenvalue weighted by Crippen LogP contribution is 2.20. The Bertz CT molecular complexity index is 233. The summed E-state index contributed by atoms with van der Waals surface area (Å²) in [6.07, 6.45) is 3.60. The Labute approximate surface area is 67.1 Å². The van der Waals surface area contributed by atoms with Gasteiger partial charge in [-0.15, -0.1) is 0 Å². The maximum atomic E-state index is 4.01. The average Bonchev–Trinajstić information content (AvgIpc) is 2.04. The molecule has 3 heteroatoms. The third-order valence-corrected chi connectivity index (χ3v) is 1.55. The first kappa shape index (κ1) is 7.85. The van der Waals surface area contributed by atoms with Crippen LogP contribution in [-0.2, 0) is 0 Å². The number of rotatable bonds is 2. The van der Waals surface area contributed by atoms with Crippen molar-refractivity contribution in [1.29, 1.82) is 0 Å². The zero-order valence-corrected chi connectivity index (χ0v) is 7.13. The van der Waals surface area contributed by atoms with Crippen LogP contribution in [0.15, 0.2) is 18.5 Å². The van der Waals surface area contributed by atoms with Gasteiger partial charge in [-0.25, -0.2) is 0 Å². The summed E-state index contributed by atoms with van der Waals surface area (Å²) in [5, 5.41) is 3.07. The van der Waals surface area contributed by atoms with Gasteiger partial charge in [0, 0.05) is 27.3 Å². The Kier molecular flexibility index (Phi) is 2.31. The standard InChI is InChI=1S/C8H13N3/c1-9-7-6-10-5-4-8(7)11(2)3/h4-6,9H,1-3H3. The van der Waals surface area contributed by atoms with Gasteiger partial charge in [-0.05, 0) is 6.07 Å². The average molecular weight is 151 g/mol. The van der Waals surface area contributed by atoms with Crippen LogP contribution in [0.4, 0.5) is 11.4 Å². The van der Waals surface area contributed by atoms with E-state index in [4.69, 9.17) is 0 Å². The molecule has 3 nitrogen and oxygen atoms in total. The van der Waals surface area contributed by atoms with E-state index < -0.39 is 0 Å². The van der Waals surface area contributed by atoms with Gasteiger partial charge in [-0.2, -0.15) is 0 Å². The monoisotopic (exact) mass is 151 g/mol. The van der Waals surface area contributed by atoms with Crippen LogP contribution in [0.1, 0.15) is 0 Å². The minimum absolute atomic E-state index is 1.05. The third kappa shape index (κ3) is 1.61. The Balaban J connectivity index is 3.02. The van der Waals surface area contributed by atoms with Gasteiger partial charge in [0.25, 0.3) is 0 Å². The van der Waals surface area contributed by atoms with Gasteiger partial charge in [0.2, 0.25) is 0 Å². The molecule has 60 valence electrons. The fraction of sp³-hybridized carbons (Fsp3) is 0.375. The minimum Gasteiger partial charge on any atom is -0.385 e. The van der Waals surface area contributed by atoms with Gasteiger partial charge in [0.1, 0.15) is 0 Å². The van der Waals surface area contributed by atoms with Crippen molar-refractivity contribution < 1.29 is 0 Å². The summed E-state index contributed by atoms with van der Waals surface area (Å²) in [6, 6.07) is 1.98. The quantitative estimate of drug-likeness (QED) is 0.688. The first-order valence-corrected chi connectivity index (χ1v) is 3.55. The van der Waals surface area contributed by atoms with Crippen molar-refractivity contribution >= 4 is 11.4 Å². The molecule has 0 aromatic carbocycles. The van der Waals surface area contributed by atoms with Crippen molar-refractivity contribution in [3.8, 4) is 0 Å². The van der Waals surface area contributed by atoms with Crippen LogP contribution < -0.4 is 10.2 Å². The van der Waals surface area contributed by atoms with Crippen LogP contribution in [0.5, 0.6) is 0 Å². The van der Waals surface area contributed by atoms with Crippen molar-refractivity contribution in [2.24, 2.45) is 0 Å². The van der Waals surface area contributed by atoms with E-state index >= 15 is 0 Å². The van der Waals surface area contributed by atoms with Crippen LogP contribution in [0, 0.1) is 0 Å². The van der Waals surface area contributed by atoms with Gasteiger partial charge in [-0.1, -0.05) is 0 Å². The topological polar surface area (TPSA) is 28.2 Å². The third-order valence-electron chi connectivity index (χ3n) is 1.55. The zero-order chi connectivity index (χ0) is 8.27. The second-order valence-corrected chi connectivity index (χ2v) is 2.54. The van der Waals surface area contributed by atoms with Crippen LogP contribution in [-0.4, -0.2) is 26.1 Å². The lowest BCUT2D eigenvalue weighted by Crippen LogP contribution is -2.10. The molecule has 1 heterocycles. The molecule has 0 aliphatic rings. The van der Waals surface area contributed by atoms with E-state index in [1.165, 1.54) is 0 Å². The number of anilines is 2. The molecule has 0 spiro atoms. The fourth-order valence-electron chi connectivity index (χ4n) is 0.970. The molecule has 0 amide bonds. The lowest BCUT2D eigenvalue weighted by molar-refractivity contribution is 1.12. The Hall–Kier alpha value is -1.25. The summed E-state index contributed by atoms with van der Waals surface area (Å²) in [4.78, 5) is 6.06. The first-order chi connectivity index (χ1) is 5.25. The highest BCUT2D eigenvalue weighted by Gasteiger charge is 1.99. The highest BCUT2D eigenvalue weighted by atomic mass is 15.1. The summed E-state index contributed by atoms with van der Waals surface area (Å²) in [5.74, 6) is 0. The minimum atomic E-state index is 1.05. The molecule has 0 saturated carbocycles. The number of hydrogen-bond donors (Lipinski definition) is 1. The van der Waals surface area contributed by atoms with Gasteiger partial charge in [0.15, 0.2) is 0 Å². The number of nitrogens with one attached hydrogen (secondary N) is 1. The van der Waals surface area contributed by atoms with Crippen molar-refractivity contribution in [1.82, 2.24) is 4.98 Å². The lowest BCUT2D eigenvalue weighted by Gasteiger charge is -2.15. The van der Waals surface area contributed by atoms with E-state index in [0.717, 1.165) is 11.4 Å². The molecule has 1 N–H and O–H groups in total. The molecule has 0 atom stereocenters. The predicted octanol–water partition coefficient (Wildman–Crippen LogP) is 1.19. The summed E-state index contributed by atoms with van der Waals surface area (Å²) >= 11 is 0. The van der Waals surface area contributed by atoms with E-state index in [9.17, 15) is 0 Å². The molecule has 1 aromatic rings. The molecule has 0 saturated heterocycles. The molecule has 0 aliphatic carbocycles. The number of pyridine rings is 1. The number of aromatic nitrogens is 1. The molecular formula is C8H13N3. The summed E-state index contributed by atoms with van der Waals surface area (Å²) in [5.41, 5.74) is 2.21. The van der Waals surface area contributed by atoms with Crippen molar-refractivity contribution in [3.05, 3.63) is 18.5 Å². The SMILES string of the molecule is CNc1cnccc1N(C)C. The van der Waals surface area contributed by atoms with Crippen LogP contribution >= 0.6 is 0 Å². The number of hydrogen-bond acceptors (Lipinski definition) is 3. The largest absolute Gasteiger partial charge is 0.385 e. The molecule has 0 radical (unpaired) electrons. The van der Waals surface area contributed by atoms with Crippen LogP contribution in [0.2, 0.25) is 0 Å². The molecule has 0 bridgehead atoms. The Morgan fingerprint density at radius 1 is 1.45 bits per heavy atom. The second kappa shape index (κ2) is 3.23. The normalized spacial score (nSPS) is 9.36. The van der Waals surface area contributed by atoms with Gasteiger partial charge >= 0.3 is 0 Å². The molecule has 0 unspecified atom stereocenters. The summed E-state index contributed by atoms with van der Waals surface area (Å²) in [7, 11) is 5.91. The van der Waals surface area contributed by atoms with E-state index in [2.05, 4.69) is 10.3 Å². The molecule has 0 aliphatic heterocycles. The van der Waals surface area contributed by atoms with Crippen molar-refractivity contribution in [2.75, 3.05) is 31.4 Å². The van der Waals surface area contributed by atoms with E-state index in [1.54, 1.807) is 6.20 Å². The first-order valence-electron chi connectivity index (χ1n) is 3.55. The number of nitrogens with zero attached hydrogens (tertiary/aromatic N) is 2. The highest BCUT2D eigenvalue weighted by molar-refractivity contribution is 5.67. The van der Waals surface area contributed by atoms with E-state index in [1.807, 2.05) is 38.3 Å². The maximum absolute atomic E-state index is 4.01. The van der Waals surface area contributed by atoms with Crippen molar-refractivity contribution in [2.45, 2.75) is 0 Å². The fourth-order valence-corrected chi connectivity index (χ4v) is 0.970. The van der Waals surface area contributed by atoms with Crippen molar-refractivity contribution in [3.63, 3.8) is 0 Å². The molecule has 0 fully saturated rings. The van der Waals surface area contributed by atoms with Gasteiger partial charge in [0.05, 0.1) is 17.6 Å². The smallest absolute Gasteiger partial charge is 0.0761 e. The lowest BCUT2D eigenvalue weighted by atomic mass is 10.3. The van der Waals surface area contributed by atoms with Gasteiger partial charge < -0.3 is 10.2 Å². The Morgan fingerprint density at radius 2 is 2.18 bits per heavy atom. The van der Waals surface area contributed by atoms with Gasteiger partial charge in [-0.3, -0.25) is 4.98 Å². The molecule has 1 rings (SSSR count). The zero-order valence-electron chi connectivity index (χ0n) is 7.13. The molecule has 1 aromatic heterocycles. The van der Waals surface area contributed by atoms with Crippen LogP contribution in [0.3, 0.4) is 0 Å². The van der Waals surface area contributed by atoms with E-state index in [-0.39, 0.29) is 0 Å². The molecule has 11 heavy (non-hydrogen) atoms. The Morgan fingerprint density at radius 3 is 2.64 bits per heavy atom. The molecular weight excluding hydrogens is 138 g/mol. The maximum Gasteiger partial charge on any atom is 0.0761 e. The van der Waals surface area contributed by atoms with E-state index in [0.29, 0.717) is 0 Å².